The molecule has 23 heavy (non-hydrogen) atoms. The molecule has 2 rings (SSSR count). The maximum Gasteiger partial charge on any atom is 0.387 e. The standard InChI is InChI=1S/C15H16F2N4O2/c1-9-6-10(2)20-15(19-9)21-18-8-11-4-5-12(23-14(16)17)13(7-11)22-3/h4-8,14H,1-3H3,(H,19,20,21). The summed E-state index contributed by atoms with van der Waals surface area (Å²) in [5.41, 5.74) is 5.00. The minimum atomic E-state index is -2.91. The van der Waals surface area contributed by atoms with Gasteiger partial charge >= 0.3 is 6.61 Å². The molecule has 0 aliphatic heterocycles. The number of benzene rings is 1. The predicted octanol–water partition coefficient (Wildman–Crippen LogP) is 3.15. The van der Waals surface area contributed by atoms with E-state index in [-0.39, 0.29) is 11.5 Å². The van der Waals surface area contributed by atoms with Crippen molar-refractivity contribution < 1.29 is 18.3 Å². The van der Waals surface area contributed by atoms with Crippen molar-refractivity contribution in [2.24, 2.45) is 5.10 Å². The average molecular weight is 322 g/mol. The van der Waals surface area contributed by atoms with Crippen LogP contribution in [-0.4, -0.2) is 29.9 Å². The minimum absolute atomic E-state index is 0.0368. The normalized spacial score (nSPS) is 11.0. The van der Waals surface area contributed by atoms with Gasteiger partial charge in [0.1, 0.15) is 0 Å². The van der Waals surface area contributed by atoms with Gasteiger partial charge in [0.05, 0.1) is 13.3 Å². The lowest BCUT2D eigenvalue weighted by molar-refractivity contribution is -0.0512. The number of nitrogens with zero attached hydrogens (tertiary/aromatic N) is 3. The summed E-state index contributed by atoms with van der Waals surface area (Å²) in [5.74, 6) is 0.533. The number of anilines is 1. The van der Waals surface area contributed by atoms with E-state index in [0.717, 1.165) is 11.4 Å². The summed E-state index contributed by atoms with van der Waals surface area (Å²) in [4.78, 5) is 8.36. The van der Waals surface area contributed by atoms with E-state index in [1.165, 1.54) is 25.5 Å². The highest BCUT2D eigenvalue weighted by Crippen LogP contribution is 2.28. The maximum atomic E-state index is 12.3. The molecule has 1 N–H and O–H groups in total. The number of alkyl halides is 2. The molecule has 0 fully saturated rings. The zero-order chi connectivity index (χ0) is 16.8. The lowest BCUT2D eigenvalue weighted by atomic mass is 10.2. The van der Waals surface area contributed by atoms with E-state index in [2.05, 4.69) is 25.2 Å². The van der Waals surface area contributed by atoms with Gasteiger partial charge in [-0.3, -0.25) is 0 Å². The van der Waals surface area contributed by atoms with Gasteiger partial charge in [-0.25, -0.2) is 15.4 Å². The molecule has 1 aromatic carbocycles. The van der Waals surface area contributed by atoms with Crippen LogP contribution in [0.1, 0.15) is 17.0 Å². The number of ether oxygens (including phenoxy) is 2. The van der Waals surface area contributed by atoms with Crippen LogP contribution in [0.15, 0.2) is 29.4 Å². The van der Waals surface area contributed by atoms with Gasteiger partial charge < -0.3 is 9.47 Å². The quantitative estimate of drug-likeness (QED) is 0.653. The number of rotatable bonds is 6. The fourth-order valence-electron chi connectivity index (χ4n) is 1.90. The first-order chi connectivity index (χ1) is 11.0. The summed E-state index contributed by atoms with van der Waals surface area (Å²) in [6.45, 7) is 0.804. The summed E-state index contributed by atoms with van der Waals surface area (Å²) < 4.78 is 33.9. The zero-order valence-electron chi connectivity index (χ0n) is 12.9. The molecule has 6 nitrogen and oxygen atoms in total. The summed E-state index contributed by atoms with van der Waals surface area (Å²) in [7, 11) is 1.37. The molecular weight excluding hydrogens is 306 g/mol. The van der Waals surface area contributed by atoms with Gasteiger partial charge in [0.2, 0.25) is 5.95 Å². The van der Waals surface area contributed by atoms with Crippen LogP contribution in [0.4, 0.5) is 14.7 Å². The van der Waals surface area contributed by atoms with Gasteiger partial charge in [-0.2, -0.15) is 13.9 Å². The van der Waals surface area contributed by atoms with Gasteiger partial charge in [0, 0.05) is 11.4 Å². The Hall–Kier alpha value is -2.77. The summed E-state index contributed by atoms with van der Waals surface area (Å²) in [6.07, 6.45) is 1.50. The van der Waals surface area contributed by atoms with Crippen molar-refractivity contribution in [3.8, 4) is 11.5 Å². The molecule has 0 unspecified atom stereocenters. The van der Waals surface area contributed by atoms with Crippen LogP contribution < -0.4 is 14.9 Å². The van der Waals surface area contributed by atoms with E-state index < -0.39 is 6.61 Å². The van der Waals surface area contributed by atoms with E-state index in [1.807, 2.05) is 19.9 Å². The van der Waals surface area contributed by atoms with Gasteiger partial charge in [-0.1, -0.05) is 0 Å². The molecule has 0 saturated heterocycles. The van der Waals surface area contributed by atoms with Crippen molar-refractivity contribution in [2.45, 2.75) is 20.5 Å². The SMILES string of the molecule is COc1cc(C=NNc2nc(C)cc(C)n2)ccc1OC(F)F. The topological polar surface area (TPSA) is 68.6 Å². The number of methoxy groups -OCH3 is 1. The molecule has 0 saturated carbocycles. The molecule has 1 aromatic heterocycles. The first-order valence-electron chi connectivity index (χ1n) is 6.72. The number of aromatic nitrogens is 2. The fraction of sp³-hybridized carbons (Fsp3) is 0.267. The fourth-order valence-corrected chi connectivity index (χ4v) is 1.90. The summed E-state index contributed by atoms with van der Waals surface area (Å²) in [6, 6.07) is 6.35. The highest BCUT2D eigenvalue weighted by atomic mass is 19.3. The van der Waals surface area contributed by atoms with Crippen molar-refractivity contribution in [1.82, 2.24) is 9.97 Å². The number of hydrogen-bond donors (Lipinski definition) is 1. The Morgan fingerprint density at radius 3 is 2.43 bits per heavy atom. The predicted molar refractivity (Wildman–Crippen MR) is 82.3 cm³/mol. The highest BCUT2D eigenvalue weighted by molar-refractivity contribution is 5.81. The molecule has 0 radical (unpaired) electrons. The smallest absolute Gasteiger partial charge is 0.387 e. The number of aryl methyl sites for hydroxylation is 2. The number of nitrogens with one attached hydrogen (secondary N) is 1. The van der Waals surface area contributed by atoms with Crippen LogP contribution in [0.3, 0.4) is 0 Å². The van der Waals surface area contributed by atoms with E-state index >= 15 is 0 Å². The molecule has 0 aliphatic carbocycles. The second-order valence-corrected chi connectivity index (χ2v) is 4.63. The molecule has 122 valence electrons. The van der Waals surface area contributed by atoms with Crippen LogP contribution in [-0.2, 0) is 0 Å². The highest BCUT2D eigenvalue weighted by Gasteiger charge is 2.10. The molecule has 2 aromatic rings. The van der Waals surface area contributed by atoms with Crippen molar-refractivity contribution in [3.63, 3.8) is 0 Å². The molecular formula is C15H16F2N4O2. The van der Waals surface area contributed by atoms with Crippen LogP contribution in [0, 0.1) is 13.8 Å². The minimum Gasteiger partial charge on any atom is -0.493 e. The molecule has 8 heteroatoms. The van der Waals surface area contributed by atoms with Crippen LogP contribution in [0.2, 0.25) is 0 Å². The molecule has 0 amide bonds. The summed E-state index contributed by atoms with van der Waals surface area (Å²) >= 11 is 0. The van der Waals surface area contributed by atoms with Gasteiger partial charge in [0.15, 0.2) is 11.5 Å². The summed E-state index contributed by atoms with van der Waals surface area (Å²) in [5, 5.41) is 4.02. The molecule has 1 heterocycles. The largest absolute Gasteiger partial charge is 0.493 e. The van der Waals surface area contributed by atoms with E-state index in [0.29, 0.717) is 11.5 Å². The first-order valence-corrected chi connectivity index (χ1v) is 6.72. The van der Waals surface area contributed by atoms with Gasteiger partial charge in [-0.05, 0) is 43.7 Å². The van der Waals surface area contributed by atoms with Crippen LogP contribution in [0.25, 0.3) is 0 Å². The molecule has 0 bridgehead atoms. The van der Waals surface area contributed by atoms with Gasteiger partial charge in [0.25, 0.3) is 0 Å². The zero-order valence-corrected chi connectivity index (χ0v) is 12.9. The molecule has 0 atom stereocenters. The Morgan fingerprint density at radius 1 is 1.13 bits per heavy atom. The Labute approximate surface area is 132 Å². The molecule has 0 spiro atoms. The lowest BCUT2D eigenvalue weighted by Crippen LogP contribution is -2.04. The Morgan fingerprint density at radius 2 is 1.83 bits per heavy atom. The van der Waals surface area contributed by atoms with Gasteiger partial charge in [-0.15, -0.1) is 0 Å². The number of hydrazone groups is 1. The van der Waals surface area contributed by atoms with Crippen molar-refractivity contribution in [1.29, 1.82) is 0 Å². The third kappa shape index (κ3) is 4.87. The first kappa shape index (κ1) is 16.6. The maximum absolute atomic E-state index is 12.3. The second-order valence-electron chi connectivity index (χ2n) is 4.63. The monoisotopic (exact) mass is 322 g/mol. The molecule has 0 aliphatic rings. The van der Waals surface area contributed by atoms with Crippen LogP contribution >= 0.6 is 0 Å². The van der Waals surface area contributed by atoms with Crippen molar-refractivity contribution in [2.75, 3.05) is 12.5 Å². The van der Waals surface area contributed by atoms with Crippen molar-refractivity contribution in [3.05, 3.63) is 41.2 Å². The van der Waals surface area contributed by atoms with E-state index in [1.54, 1.807) is 6.07 Å². The van der Waals surface area contributed by atoms with Crippen LogP contribution in [0.5, 0.6) is 11.5 Å². The lowest BCUT2D eigenvalue weighted by Gasteiger charge is -2.10. The van der Waals surface area contributed by atoms with Crippen molar-refractivity contribution >= 4 is 12.2 Å². The average Bonchev–Trinajstić information content (AvgIpc) is 2.47. The Balaban J connectivity index is 2.10. The second kappa shape index (κ2) is 7.48. The van der Waals surface area contributed by atoms with E-state index in [4.69, 9.17) is 4.74 Å². The van der Waals surface area contributed by atoms with E-state index in [9.17, 15) is 8.78 Å². The Kier molecular flexibility index (Phi) is 5.40. The Bertz CT molecular complexity index is 688. The third-order valence-electron chi connectivity index (χ3n) is 2.76. The third-order valence-corrected chi connectivity index (χ3v) is 2.76. The number of halogens is 2. The number of hydrogen-bond acceptors (Lipinski definition) is 6.